The first-order chi connectivity index (χ1) is 12.8. The molecule has 1 heterocycles. The molecule has 0 bridgehead atoms. The van der Waals surface area contributed by atoms with E-state index in [4.69, 9.17) is 9.47 Å². The Labute approximate surface area is 154 Å². The highest BCUT2D eigenvalue weighted by Crippen LogP contribution is 2.37. The summed E-state index contributed by atoms with van der Waals surface area (Å²) in [5.41, 5.74) is 2.23. The van der Waals surface area contributed by atoms with Crippen molar-refractivity contribution in [1.29, 1.82) is 0 Å². The number of hydrogen-bond acceptors (Lipinski definition) is 3. The lowest BCUT2D eigenvalue weighted by molar-refractivity contribution is -0.122. The predicted octanol–water partition coefficient (Wildman–Crippen LogP) is 4.39. The molecule has 4 rings (SSSR count). The van der Waals surface area contributed by atoms with E-state index in [0.717, 1.165) is 35.5 Å². The zero-order valence-electron chi connectivity index (χ0n) is 14.9. The fourth-order valence-corrected chi connectivity index (χ4v) is 3.96. The van der Waals surface area contributed by atoms with E-state index >= 15 is 0 Å². The zero-order chi connectivity index (χ0) is 17.8. The maximum Gasteiger partial charge on any atom is 0.231 e. The van der Waals surface area contributed by atoms with Gasteiger partial charge in [0.25, 0.3) is 0 Å². The summed E-state index contributed by atoms with van der Waals surface area (Å²) in [5.74, 6) is 1.67. The molecule has 4 heteroatoms. The normalized spacial score (nSPS) is 17.7. The van der Waals surface area contributed by atoms with E-state index in [2.05, 4.69) is 17.4 Å². The van der Waals surface area contributed by atoms with Gasteiger partial charge in [-0.15, -0.1) is 0 Å². The molecule has 1 amide bonds. The van der Waals surface area contributed by atoms with Crippen LogP contribution in [0.2, 0.25) is 0 Å². The predicted molar refractivity (Wildman–Crippen MR) is 100 cm³/mol. The second-order valence-electron chi connectivity index (χ2n) is 7.18. The smallest absolute Gasteiger partial charge is 0.231 e. The fraction of sp³-hybridized carbons (Fsp3) is 0.409. The SMILES string of the molecule is O=C(CC(c1ccccc1)c1ccc2c(c1)OCO2)NC1CCCCC1. The van der Waals surface area contributed by atoms with Crippen molar-refractivity contribution < 1.29 is 14.3 Å². The van der Waals surface area contributed by atoms with Crippen molar-refractivity contribution in [2.75, 3.05) is 6.79 Å². The molecule has 1 atom stereocenters. The van der Waals surface area contributed by atoms with Gasteiger partial charge in [-0.2, -0.15) is 0 Å². The summed E-state index contributed by atoms with van der Waals surface area (Å²) in [6, 6.07) is 16.5. The van der Waals surface area contributed by atoms with Gasteiger partial charge in [0.1, 0.15) is 0 Å². The summed E-state index contributed by atoms with van der Waals surface area (Å²) in [7, 11) is 0. The van der Waals surface area contributed by atoms with Gasteiger partial charge in [0.15, 0.2) is 11.5 Å². The van der Waals surface area contributed by atoms with Gasteiger partial charge in [-0.25, -0.2) is 0 Å². The van der Waals surface area contributed by atoms with Gasteiger partial charge in [-0.1, -0.05) is 55.7 Å². The molecule has 2 aromatic rings. The Morgan fingerprint density at radius 3 is 2.54 bits per heavy atom. The standard InChI is InChI=1S/C22H25NO3/c24-22(23-18-9-5-2-6-10-18)14-19(16-7-3-1-4-8-16)17-11-12-20-21(13-17)26-15-25-20/h1,3-4,7-8,11-13,18-19H,2,5-6,9-10,14-15H2,(H,23,24). The van der Waals surface area contributed by atoms with Gasteiger partial charge < -0.3 is 14.8 Å². The minimum atomic E-state index is 0.00860. The second kappa shape index (κ2) is 7.81. The largest absolute Gasteiger partial charge is 0.454 e. The lowest BCUT2D eigenvalue weighted by atomic mass is 9.87. The average molecular weight is 351 g/mol. The van der Waals surface area contributed by atoms with Gasteiger partial charge in [-0.05, 0) is 36.1 Å². The molecule has 26 heavy (non-hydrogen) atoms. The number of ether oxygens (including phenoxy) is 2. The molecule has 0 radical (unpaired) electrons. The van der Waals surface area contributed by atoms with Crippen molar-refractivity contribution in [1.82, 2.24) is 5.32 Å². The van der Waals surface area contributed by atoms with Crippen LogP contribution >= 0.6 is 0 Å². The lowest BCUT2D eigenvalue weighted by Crippen LogP contribution is -2.36. The van der Waals surface area contributed by atoms with E-state index in [1.807, 2.05) is 36.4 Å². The van der Waals surface area contributed by atoms with Crippen molar-refractivity contribution in [2.45, 2.75) is 50.5 Å². The zero-order valence-corrected chi connectivity index (χ0v) is 14.9. The highest BCUT2D eigenvalue weighted by molar-refractivity contribution is 5.78. The van der Waals surface area contributed by atoms with E-state index in [-0.39, 0.29) is 18.6 Å². The number of rotatable bonds is 5. The third kappa shape index (κ3) is 3.85. The summed E-state index contributed by atoms with van der Waals surface area (Å²) in [6.45, 7) is 0.261. The molecule has 0 aromatic heterocycles. The van der Waals surface area contributed by atoms with E-state index in [1.54, 1.807) is 0 Å². The van der Waals surface area contributed by atoms with Gasteiger partial charge >= 0.3 is 0 Å². The Morgan fingerprint density at radius 1 is 0.962 bits per heavy atom. The van der Waals surface area contributed by atoms with E-state index in [0.29, 0.717) is 12.5 Å². The third-order valence-corrected chi connectivity index (χ3v) is 5.36. The molecule has 2 aliphatic rings. The van der Waals surface area contributed by atoms with Crippen LogP contribution in [0.3, 0.4) is 0 Å². The molecule has 136 valence electrons. The monoisotopic (exact) mass is 351 g/mol. The quantitative estimate of drug-likeness (QED) is 0.869. The number of fused-ring (bicyclic) bond motifs is 1. The van der Waals surface area contributed by atoms with Gasteiger partial charge in [-0.3, -0.25) is 4.79 Å². The van der Waals surface area contributed by atoms with E-state index in [1.165, 1.54) is 19.3 Å². The van der Waals surface area contributed by atoms with Crippen LogP contribution < -0.4 is 14.8 Å². The number of amides is 1. The number of carbonyl (C=O) groups is 1. The van der Waals surface area contributed by atoms with E-state index < -0.39 is 0 Å². The summed E-state index contributed by atoms with van der Waals surface area (Å²) >= 11 is 0. The second-order valence-corrected chi connectivity index (χ2v) is 7.18. The van der Waals surface area contributed by atoms with Crippen LogP contribution in [-0.2, 0) is 4.79 Å². The highest BCUT2D eigenvalue weighted by atomic mass is 16.7. The molecule has 1 N–H and O–H groups in total. The number of benzene rings is 2. The first kappa shape index (κ1) is 17.0. The average Bonchev–Trinajstić information content (AvgIpc) is 3.15. The van der Waals surface area contributed by atoms with Gasteiger partial charge in [0, 0.05) is 18.4 Å². The van der Waals surface area contributed by atoms with Crippen molar-refractivity contribution in [3.05, 3.63) is 59.7 Å². The Balaban J connectivity index is 1.54. The highest BCUT2D eigenvalue weighted by Gasteiger charge is 2.23. The maximum absolute atomic E-state index is 12.7. The van der Waals surface area contributed by atoms with Crippen LogP contribution in [0.4, 0.5) is 0 Å². The molecule has 2 aromatic carbocycles. The van der Waals surface area contributed by atoms with Crippen LogP contribution in [0.1, 0.15) is 55.6 Å². The van der Waals surface area contributed by atoms with E-state index in [9.17, 15) is 4.79 Å². The van der Waals surface area contributed by atoms with Crippen molar-refractivity contribution in [2.24, 2.45) is 0 Å². The lowest BCUT2D eigenvalue weighted by Gasteiger charge is -2.24. The Hall–Kier alpha value is -2.49. The van der Waals surface area contributed by atoms with Gasteiger partial charge in [0.05, 0.1) is 0 Å². The first-order valence-electron chi connectivity index (χ1n) is 9.53. The molecule has 1 aliphatic heterocycles. The summed E-state index contributed by atoms with van der Waals surface area (Å²) in [4.78, 5) is 12.7. The molecule has 1 fully saturated rings. The van der Waals surface area contributed by atoms with Crippen LogP contribution in [-0.4, -0.2) is 18.7 Å². The van der Waals surface area contributed by atoms with Crippen LogP contribution in [0.25, 0.3) is 0 Å². The molecule has 0 spiro atoms. The Morgan fingerprint density at radius 2 is 1.73 bits per heavy atom. The first-order valence-corrected chi connectivity index (χ1v) is 9.53. The van der Waals surface area contributed by atoms with Crippen molar-refractivity contribution >= 4 is 5.91 Å². The topological polar surface area (TPSA) is 47.6 Å². The fourth-order valence-electron chi connectivity index (χ4n) is 3.96. The number of carbonyl (C=O) groups excluding carboxylic acids is 1. The van der Waals surface area contributed by atoms with Crippen molar-refractivity contribution in [3.63, 3.8) is 0 Å². The minimum absolute atomic E-state index is 0.00860. The molecule has 4 nitrogen and oxygen atoms in total. The van der Waals surface area contributed by atoms with Crippen LogP contribution in [0.5, 0.6) is 11.5 Å². The molecule has 0 saturated heterocycles. The van der Waals surface area contributed by atoms with Crippen LogP contribution in [0.15, 0.2) is 48.5 Å². The number of hydrogen-bond donors (Lipinski definition) is 1. The Bertz CT molecular complexity index is 753. The maximum atomic E-state index is 12.7. The molecule has 1 unspecified atom stereocenters. The molecular formula is C22H25NO3. The van der Waals surface area contributed by atoms with Gasteiger partial charge in [0.2, 0.25) is 12.7 Å². The number of nitrogens with one attached hydrogen (secondary N) is 1. The molecular weight excluding hydrogens is 326 g/mol. The summed E-state index contributed by atoms with van der Waals surface area (Å²) in [6.07, 6.45) is 6.37. The Kier molecular flexibility index (Phi) is 5.09. The molecule has 1 saturated carbocycles. The minimum Gasteiger partial charge on any atom is -0.454 e. The molecule has 1 aliphatic carbocycles. The van der Waals surface area contributed by atoms with Crippen molar-refractivity contribution in [3.8, 4) is 11.5 Å². The third-order valence-electron chi connectivity index (χ3n) is 5.36. The summed E-state index contributed by atoms with van der Waals surface area (Å²) in [5, 5.41) is 3.25. The van der Waals surface area contributed by atoms with Crippen LogP contribution in [0, 0.1) is 0 Å². The summed E-state index contributed by atoms with van der Waals surface area (Å²) < 4.78 is 10.9.